The molecule has 0 saturated carbocycles. The summed E-state index contributed by atoms with van der Waals surface area (Å²) in [5.41, 5.74) is 3.27. The summed E-state index contributed by atoms with van der Waals surface area (Å²) in [5, 5.41) is 8.74. The van der Waals surface area contributed by atoms with Crippen LogP contribution in [0.15, 0.2) is 30.3 Å². The fourth-order valence-electron chi connectivity index (χ4n) is 2.39. The number of carbonyl (C=O) groups is 2. The fourth-order valence-corrected chi connectivity index (χ4v) is 2.39. The first kappa shape index (κ1) is 12.6. The highest BCUT2D eigenvalue weighted by atomic mass is 16.4. The van der Waals surface area contributed by atoms with Crippen LogP contribution < -0.4 is 0 Å². The van der Waals surface area contributed by atoms with Crippen LogP contribution in [0.2, 0.25) is 0 Å². The standard InChI is InChI=1S/C15H16O3/c1-10-4-2-3-5-13(10)11-6-7-12(9-15(17)18)14(16)8-11/h2-5,8,12H,6-7,9H2,1H3,(H,17,18). The van der Waals surface area contributed by atoms with Gasteiger partial charge in [-0.05, 0) is 42.5 Å². The summed E-state index contributed by atoms with van der Waals surface area (Å²) in [5.74, 6) is -1.31. The van der Waals surface area contributed by atoms with Crippen LogP contribution in [-0.2, 0) is 9.59 Å². The summed E-state index contributed by atoms with van der Waals surface area (Å²) in [6.45, 7) is 2.02. The molecule has 0 saturated heterocycles. The molecule has 18 heavy (non-hydrogen) atoms. The van der Waals surface area contributed by atoms with Crippen LogP contribution in [0.25, 0.3) is 5.57 Å². The molecule has 1 unspecified atom stereocenters. The van der Waals surface area contributed by atoms with E-state index in [1.54, 1.807) is 6.08 Å². The van der Waals surface area contributed by atoms with E-state index in [-0.39, 0.29) is 18.1 Å². The van der Waals surface area contributed by atoms with Gasteiger partial charge in [0.25, 0.3) is 0 Å². The number of hydrogen-bond donors (Lipinski definition) is 1. The maximum atomic E-state index is 11.9. The lowest BCUT2D eigenvalue weighted by atomic mass is 9.83. The molecular weight excluding hydrogens is 228 g/mol. The minimum atomic E-state index is -0.902. The van der Waals surface area contributed by atoms with Crippen molar-refractivity contribution < 1.29 is 14.7 Å². The zero-order valence-corrected chi connectivity index (χ0v) is 10.3. The molecule has 1 aromatic rings. The van der Waals surface area contributed by atoms with Gasteiger partial charge in [-0.1, -0.05) is 24.3 Å². The summed E-state index contributed by atoms with van der Waals surface area (Å²) < 4.78 is 0. The van der Waals surface area contributed by atoms with Crippen molar-refractivity contribution in [3.8, 4) is 0 Å². The molecule has 1 atom stereocenters. The number of ketones is 1. The second-order valence-electron chi connectivity index (χ2n) is 4.72. The van der Waals surface area contributed by atoms with E-state index < -0.39 is 5.97 Å². The number of carboxylic acids is 1. The summed E-state index contributed by atoms with van der Waals surface area (Å²) in [6.07, 6.45) is 2.97. The van der Waals surface area contributed by atoms with Gasteiger partial charge in [-0.3, -0.25) is 9.59 Å². The molecule has 3 nitrogen and oxygen atoms in total. The van der Waals surface area contributed by atoms with Crippen molar-refractivity contribution in [2.75, 3.05) is 0 Å². The molecule has 0 bridgehead atoms. The predicted octanol–water partition coefficient (Wildman–Crippen LogP) is 2.83. The lowest BCUT2D eigenvalue weighted by molar-refractivity contribution is -0.140. The van der Waals surface area contributed by atoms with Crippen LogP contribution in [0.5, 0.6) is 0 Å². The topological polar surface area (TPSA) is 54.4 Å². The number of allylic oxidation sites excluding steroid dienone is 2. The normalized spacial score (nSPS) is 19.5. The van der Waals surface area contributed by atoms with Crippen LogP contribution in [0, 0.1) is 12.8 Å². The van der Waals surface area contributed by atoms with Gasteiger partial charge in [-0.25, -0.2) is 0 Å². The lowest BCUT2D eigenvalue weighted by Gasteiger charge is -2.20. The monoisotopic (exact) mass is 244 g/mol. The second kappa shape index (κ2) is 5.17. The van der Waals surface area contributed by atoms with Gasteiger partial charge in [-0.15, -0.1) is 0 Å². The number of benzene rings is 1. The van der Waals surface area contributed by atoms with E-state index in [0.29, 0.717) is 6.42 Å². The first-order valence-corrected chi connectivity index (χ1v) is 6.10. The molecule has 2 rings (SSSR count). The van der Waals surface area contributed by atoms with E-state index in [0.717, 1.165) is 23.1 Å². The number of aryl methyl sites for hydroxylation is 1. The second-order valence-corrected chi connectivity index (χ2v) is 4.72. The summed E-state index contributed by atoms with van der Waals surface area (Å²) >= 11 is 0. The van der Waals surface area contributed by atoms with E-state index >= 15 is 0 Å². The van der Waals surface area contributed by atoms with Gasteiger partial charge >= 0.3 is 5.97 Å². The van der Waals surface area contributed by atoms with Crippen molar-refractivity contribution in [1.29, 1.82) is 0 Å². The van der Waals surface area contributed by atoms with Gasteiger partial charge in [0.1, 0.15) is 0 Å². The molecule has 1 aliphatic rings. The number of carboxylic acid groups (broad SMARTS) is 1. The third-order valence-electron chi connectivity index (χ3n) is 3.39. The zero-order chi connectivity index (χ0) is 13.1. The SMILES string of the molecule is Cc1ccccc1C1=CC(=O)C(CC(=O)O)CC1. The molecule has 94 valence electrons. The quantitative estimate of drug-likeness (QED) is 0.889. The Labute approximate surface area is 106 Å². The van der Waals surface area contributed by atoms with E-state index in [1.165, 1.54) is 0 Å². The lowest BCUT2D eigenvalue weighted by Crippen LogP contribution is -2.20. The Morgan fingerprint density at radius 3 is 2.72 bits per heavy atom. The van der Waals surface area contributed by atoms with E-state index in [1.807, 2.05) is 31.2 Å². The Morgan fingerprint density at radius 1 is 1.39 bits per heavy atom. The highest BCUT2D eigenvalue weighted by Gasteiger charge is 2.25. The highest BCUT2D eigenvalue weighted by Crippen LogP contribution is 2.31. The van der Waals surface area contributed by atoms with Crippen LogP contribution in [-0.4, -0.2) is 16.9 Å². The maximum Gasteiger partial charge on any atom is 0.304 e. The van der Waals surface area contributed by atoms with Crippen molar-refractivity contribution in [2.45, 2.75) is 26.2 Å². The number of carbonyl (C=O) groups excluding carboxylic acids is 1. The molecule has 1 aliphatic carbocycles. The van der Waals surface area contributed by atoms with Crippen molar-refractivity contribution in [2.24, 2.45) is 5.92 Å². The third-order valence-corrected chi connectivity index (χ3v) is 3.39. The molecule has 0 spiro atoms. The zero-order valence-electron chi connectivity index (χ0n) is 10.3. The summed E-state index contributed by atoms with van der Waals surface area (Å²) in [6, 6.07) is 7.95. The minimum absolute atomic E-state index is 0.0538. The maximum absolute atomic E-state index is 11.9. The van der Waals surface area contributed by atoms with Crippen LogP contribution >= 0.6 is 0 Å². The molecule has 0 fully saturated rings. The van der Waals surface area contributed by atoms with Crippen molar-refractivity contribution in [3.63, 3.8) is 0 Å². The molecule has 0 aromatic heterocycles. The number of aliphatic carboxylic acids is 1. The van der Waals surface area contributed by atoms with Crippen molar-refractivity contribution in [3.05, 3.63) is 41.5 Å². The number of rotatable bonds is 3. The van der Waals surface area contributed by atoms with Gasteiger partial charge in [-0.2, -0.15) is 0 Å². The van der Waals surface area contributed by atoms with Gasteiger partial charge in [0.2, 0.25) is 0 Å². The molecule has 1 aromatic carbocycles. The minimum Gasteiger partial charge on any atom is -0.481 e. The largest absolute Gasteiger partial charge is 0.481 e. The van der Waals surface area contributed by atoms with Crippen molar-refractivity contribution in [1.82, 2.24) is 0 Å². The Morgan fingerprint density at radius 2 is 2.11 bits per heavy atom. The van der Waals surface area contributed by atoms with Crippen LogP contribution in [0.3, 0.4) is 0 Å². The molecule has 0 amide bonds. The van der Waals surface area contributed by atoms with Gasteiger partial charge in [0.05, 0.1) is 6.42 Å². The van der Waals surface area contributed by atoms with E-state index in [2.05, 4.69) is 0 Å². The van der Waals surface area contributed by atoms with Gasteiger partial charge < -0.3 is 5.11 Å². The summed E-state index contributed by atoms with van der Waals surface area (Å²) in [7, 11) is 0. The first-order valence-electron chi connectivity index (χ1n) is 6.10. The number of hydrogen-bond acceptors (Lipinski definition) is 2. The average Bonchev–Trinajstić information content (AvgIpc) is 2.32. The molecule has 0 aliphatic heterocycles. The molecule has 0 heterocycles. The molecule has 0 radical (unpaired) electrons. The van der Waals surface area contributed by atoms with Gasteiger partial charge in [0, 0.05) is 5.92 Å². The first-order chi connectivity index (χ1) is 8.58. The van der Waals surface area contributed by atoms with E-state index in [4.69, 9.17) is 5.11 Å². The van der Waals surface area contributed by atoms with Crippen LogP contribution in [0.4, 0.5) is 0 Å². The Kier molecular flexibility index (Phi) is 3.60. The molecule has 3 heteroatoms. The van der Waals surface area contributed by atoms with Crippen molar-refractivity contribution >= 4 is 17.3 Å². The molecular formula is C15H16O3. The third kappa shape index (κ3) is 2.67. The van der Waals surface area contributed by atoms with Crippen LogP contribution in [0.1, 0.15) is 30.4 Å². The Hall–Kier alpha value is -1.90. The summed E-state index contributed by atoms with van der Waals surface area (Å²) in [4.78, 5) is 22.5. The van der Waals surface area contributed by atoms with E-state index in [9.17, 15) is 9.59 Å². The predicted molar refractivity (Wildman–Crippen MR) is 69.1 cm³/mol. The Balaban J connectivity index is 2.21. The Bertz CT molecular complexity index is 514. The van der Waals surface area contributed by atoms with Gasteiger partial charge in [0.15, 0.2) is 5.78 Å². The molecule has 1 N–H and O–H groups in total. The smallest absolute Gasteiger partial charge is 0.304 e. The average molecular weight is 244 g/mol. The fraction of sp³-hybridized carbons (Fsp3) is 0.333. The highest BCUT2D eigenvalue weighted by molar-refractivity contribution is 6.01.